The van der Waals surface area contributed by atoms with Crippen LogP contribution in [0.5, 0.6) is 0 Å². The first kappa shape index (κ1) is 10.4. The van der Waals surface area contributed by atoms with Gasteiger partial charge in [0.2, 0.25) is 0 Å². The van der Waals surface area contributed by atoms with Gasteiger partial charge in [-0.2, -0.15) is 0 Å². The molecule has 0 radical (unpaired) electrons. The molecule has 1 aliphatic carbocycles. The third kappa shape index (κ3) is 1.80. The van der Waals surface area contributed by atoms with E-state index < -0.39 is 42.7 Å². The molecule has 1 fully saturated rings. The Bertz CT molecular complexity index is 203. The van der Waals surface area contributed by atoms with E-state index in [1.165, 1.54) is 0 Å². The van der Waals surface area contributed by atoms with E-state index in [0.717, 1.165) is 0 Å². The maximum atomic E-state index is 10.5. The first-order chi connectivity index (χ1) is 5.87. The maximum absolute atomic E-state index is 10.5. The first-order valence-corrected chi connectivity index (χ1v) is 3.87. The van der Waals surface area contributed by atoms with E-state index in [-0.39, 0.29) is 0 Å². The molecule has 4 atom stereocenters. The summed E-state index contributed by atoms with van der Waals surface area (Å²) in [4.78, 5) is 10.5. The molecule has 0 saturated heterocycles. The molecule has 1 aliphatic rings. The van der Waals surface area contributed by atoms with Crippen molar-refractivity contribution in [2.45, 2.75) is 36.8 Å². The number of hydrogen-bond acceptors (Lipinski definition) is 5. The summed E-state index contributed by atoms with van der Waals surface area (Å²) < 4.78 is 0. The van der Waals surface area contributed by atoms with Gasteiger partial charge in [-0.05, 0) is 0 Å². The molecule has 76 valence electrons. The lowest BCUT2D eigenvalue weighted by molar-refractivity contribution is -0.187. The normalized spacial score (nSPS) is 46.0. The molecule has 0 heterocycles. The number of carbonyl (C=O) groups is 1. The van der Waals surface area contributed by atoms with Gasteiger partial charge in [0, 0.05) is 12.8 Å². The number of rotatable bonds is 1. The van der Waals surface area contributed by atoms with Crippen LogP contribution in [0.25, 0.3) is 0 Å². The van der Waals surface area contributed by atoms with Crippen molar-refractivity contribution in [1.82, 2.24) is 0 Å². The maximum Gasteiger partial charge on any atom is 0.335 e. The monoisotopic (exact) mass is 192 g/mol. The Hall–Kier alpha value is -0.690. The molecule has 0 bridgehead atoms. The Kier molecular flexibility index (Phi) is 2.58. The molecule has 5 N–H and O–H groups in total. The van der Waals surface area contributed by atoms with Crippen LogP contribution in [0, 0.1) is 0 Å². The van der Waals surface area contributed by atoms with Gasteiger partial charge >= 0.3 is 5.97 Å². The van der Waals surface area contributed by atoms with Crippen LogP contribution < -0.4 is 0 Å². The van der Waals surface area contributed by atoms with Gasteiger partial charge in [0.1, 0.15) is 6.10 Å². The highest BCUT2D eigenvalue weighted by Gasteiger charge is 2.48. The highest BCUT2D eigenvalue weighted by molar-refractivity contribution is 5.77. The molecule has 6 heteroatoms. The summed E-state index contributed by atoms with van der Waals surface area (Å²) >= 11 is 0. The second kappa shape index (κ2) is 3.22. The molecular weight excluding hydrogens is 180 g/mol. The fourth-order valence-corrected chi connectivity index (χ4v) is 1.45. The number of carboxylic acid groups (broad SMARTS) is 1. The van der Waals surface area contributed by atoms with Gasteiger partial charge in [0.15, 0.2) is 5.60 Å². The summed E-state index contributed by atoms with van der Waals surface area (Å²) in [7, 11) is 0. The zero-order chi connectivity index (χ0) is 10.2. The zero-order valence-corrected chi connectivity index (χ0v) is 6.79. The largest absolute Gasteiger partial charge is 0.479 e. The predicted molar refractivity (Wildman–Crippen MR) is 39.8 cm³/mol. The van der Waals surface area contributed by atoms with Crippen LogP contribution in [0.3, 0.4) is 0 Å². The third-order valence-electron chi connectivity index (χ3n) is 2.28. The van der Waals surface area contributed by atoms with Gasteiger partial charge < -0.3 is 25.5 Å². The average Bonchev–Trinajstić information content (AvgIpc) is 2.00. The SMILES string of the molecule is O=C(O)[C@]1(O)CC(O)C(O)[C@H](O)C1. The standard InChI is InChI=1S/C7H12O6/c8-3-1-7(13,6(11)12)2-4(9)5(3)10/h3-5,8-10,13H,1-2H2,(H,11,12)/t3-,4?,5?,7-/m1/s1. The van der Waals surface area contributed by atoms with Crippen LogP contribution in [-0.2, 0) is 4.79 Å². The number of carboxylic acids is 1. The Morgan fingerprint density at radius 1 is 1.15 bits per heavy atom. The molecule has 13 heavy (non-hydrogen) atoms. The predicted octanol–water partition coefficient (Wildman–Crippen LogP) is -2.32. The summed E-state index contributed by atoms with van der Waals surface area (Å²) in [5.41, 5.74) is -2.14. The zero-order valence-electron chi connectivity index (χ0n) is 6.79. The van der Waals surface area contributed by atoms with E-state index in [2.05, 4.69) is 0 Å². The summed E-state index contributed by atoms with van der Waals surface area (Å²) in [5, 5.41) is 45.2. The Balaban J connectivity index is 2.79. The molecule has 2 unspecified atom stereocenters. The van der Waals surface area contributed by atoms with Gasteiger partial charge in [-0.1, -0.05) is 0 Å². The van der Waals surface area contributed by atoms with E-state index in [1.54, 1.807) is 0 Å². The molecule has 0 aromatic carbocycles. The van der Waals surface area contributed by atoms with Crippen LogP contribution in [-0.4, -0.2) is 55.4 Å². The Labute approximate surface area is 74.1 Å². The van der Waals surface area contributed by atoms with Crippen LogP contribution in [0.4, 0.5) is 0 Å². The van der Waals surface area contributed by atoms with Crippen LogP contribution in [0.15, 0.2) is 0 Å². The molecule has 6 nitrogen and oxygen atoms in total. The van der Waals surface area contributed by atoms with Crippen molar-refractivity contribution in [3.05, 3.63) is 0 Å². The minimum absolute atomic E-state index is 0.472. The summed E-state index contributed by atoms with van der Waals surface area (Å²) in [6.45, 7) is 0. The number of aliphatic hydroxyl groups is 4. The molecule has 0 aromatic rings. The van der Waals surface area contributed by atoms with Crippen molar-refractivity contribution in [3.8, 4) is 0 Å². The molecular formula is C7H12O6. The third-order valence-corrected chi connectivity index (χ3v) is 2.28. The van der Waals surface area contributed by atoms with Crippen molar-refractivity contribution in [1.29, 1.82) is 0 Å². The first-order valence-electron chi connectivity index (χ1n) is 3.87. The van der Waals surface area contributed by atoms with Crippen molar-refractivity contribution in [2.24, 2.45) is 0 Å². The smallest absolute Gasteiger partial charge is 0.335 e. The molecule has 1 rings (SSSR count). The minimum atomic E-state index is -2.14. The van der Waals surface area contributed by atoms with E-state index >= 15 is 0 Å². The number of aliphatic hydroxyl groups excluding tert-OH is 3. The summed E-state index contributed by atoms with van der Waals surface area (Å²) in [6.07, 6.45) is -5.16. The lowest BCUT2D eigenvalue weighted by Crippen LogP contribution is -2.56. The molecule has 0 aliphatic heterocycles. The van der Waals surface area contributed by atoms with Gasteiger partial charge in [0.05, 0.1) is 12.2 Å². The van der Waals surface area contributed by atoms with Gasteiger partial charge in [-0.25, -0.2) is 4.79 Å². The summed E-state index contributed by atoms with van der Waals surface area (Å²) in [5.74, 6) is -1.50. The van der Waals surface area contributed by atoms with Gasteiger partial charge in [-0.3, -0.25) is 0 Å². The van der Waals surface area contributed by atoms with E-state index in [9.17, 15) is 9.90 Å². The van der Waals surface area contributed by atoms with Crippen molar-refractivity contribution >= 4 is 5.97 Å². The lowest BCUT2D eigenvalue weighted by Gasteiger charge is -2.37. The highest BCUT2D eigenvalue weighted by Crippen LogP contribution is 2.29. The molecule has 0 amide bonds. The number of aliphatic carboxylic acids is 1. The van der Waals surface area contributed by atoms with Gasteiger partial charge in [-0.15, -0.1) is 0 Å². The van der Waals surface area contributed by atoms with E-state index in [0.29, 0.717) is 0 Å². The Morgan fingerprint density at radius 3 is 1.85 bits per heavy atom. The van der Waals surface area contributed by atoms with Crippen molar-refractivity contribution < 1.29 is 30.3 Å². The van der Waals surface area contributed by atoms with Crippen LogP contribution in [0.2, 0.25) is 0 Å². The molecule has 1 saturated carbocycles. The number of hydrogen-bond donors (Lipinski definition) is 5. The lowest BCUT2D eigenvalue weighted by atomic mass is 9.80. The second-order valence-electron chi connectivity index (χ2n) is 3.37. The summed E-state index contributed by atoms with van der Waals surface area (Å²) in [6, 6.07) is 0. The average molecular weight is 192 g/mol. The Morgan fingerprint density at radius 2 is 1.54 bits per heavy atom. The second-order valence-corrected chi connectivity index (χ2v) is 3.37. The fourth-order valence-electron chi connectivity index (χ4n) is 1.45. The van der Waals surface area contributed by atoms with Crippen molar-refractivity contribution in [2.75, 3.05) is 0 Å². The van der Waals surface area contributed by atoms with E-state index in [4.69, 9.17) is 20.4 Å². The fraction of sp³-hybridized carbons (Fsp3) is 0.857. The molecule has 0 aromatic heterocycles. The van der Waals surface area contributed by atoms with Crippen LogP contribution >= 0.6 is 0 Å². The topological polar surface area (TPSA) is 118 Å². The van der Waals surface area contributed by atoms with E-state index in [1.807, 2.05) is 0 Å². The highest BCUT2D eigenvalue weighted by atomic mass is 16.4. The molecule has 0 spiro atoms. The van der Waals surface area contributed by atoms with Gasteiger partial charge in [0.25, 0.3) is 0 Å². The van der Waals surface area contributed by atoms with Crippen LogP contribution in [0.1, 0.15) is 12.8 Å². The minimum Gasteiger partial charge on any atom is -0.479 e. The van der Waals surface area contributed by atoms with Crippen molar-refractivity contribution in [3.63, 3.8) is 0 Å². The quantitative estimate of drug-likeness (QED) is 0.318.